The lowest BCUT2D eigenvalue weighted by Gasteiger charge is -2.21. The van der Waals surface area contributed by atoms with E-state index in [0.717, 1.165) is 11.1 Å². The van der Waals surface area contributed by atoms with E-state index in [1.54, 1.807) is 13.1 Å². The van der Waals surface area contributed by atoms with Gasteiger partial charge in [0.1, 0.15) is 0 Å². The van der Waals surface area contributed by atoms with Crippen molar-refractivity contribution in [2.75, 3.05) is 11.9 Å². The summed E-state index contributed by atoms with van der Waals surface area (Å²) in [7, 11) is 1.63. The topological polar surface area (TPSA) is 63.5 Å². The second-order valence-corrected chi connectivity index (χ2v) is 5.49. The highest BCUT2D eigenvalue weighted by Crippen LogP contribution is 2.31. The van der Waals surface area contributed by atoms with Crippen LogP contribution in [0.1, 0.15) is 21.5 Å². The molecule has 5 nitrogen and oxygen atoms in total. The molecule has 0 heterocycles. The summed E-state index contributed by atoms with van der Waals surface area (Å²) in [5.41, 5.74) is 2.86. The Bertz CT molecular complexity index is 719. The van der Waals surface area contributed by atoms with Gasteiger partial charge in [0.15, 0.2) is 0 Å². The molecular weight excluding hydrogens is 304 g/mol. The Morgan fingerprint density at radius 2 is 1.77 bits per heavy atom. The molecule has 0 fully saturated rings. The zero-order chi connectivity index (χ0) is 16.4. The van der Waals surface area contributed by atoms with Crippen molar-refractivity contribution in [3.63, 3.8) is 0 Å². The van der Waals surface area contributed by atoms with Crippen molar-refractivity contribution >= 4 is 28.9 Å². The number of non-ortho nitro benzene ring substituents is 1. The Hall–Kier alpha value is -2.40. The van der Waals surface area contributed by atoms with E-state index in [2.05, 4.69) is 0 Å². The Balaban J connectivity index is 2.35. The SMILES string of the molecule is Cc1cc(C)c(N(C)C(=O)c2ccc([N+](=O)[O-])cc2)c(Cl)c1. The van der Waals surface area contributed by atoms with Gasteiger partial charge >= 0.3 is 0 Å². The summed E-state index contributed by atoms with van der Waals surface area (Å²) in [6, 6.07) is 9.24. The van der Waals surface area contributed by atoms with Gasteiger partial charge in [-0.25, -0.2) is 0 Å². The van der Waals surface area contributed by atoms with Crippen molar-refractivity contribution in [2.45, 2.75) is 13.8 Å². The highest BCUT2D eigenvalue weighted by molar-refractivity contribution is 6.34. The van der Waals surface area contributed by atoms with Crippen LogP contribution in [0.2, 0.25) is 5.02 Å². The molecule has 0 atom stereocenters. The number of carbonyl (C=O) groups is 1. The number of rotatable bonds is 3. The summed E-state index contributed by atoms with van der Waals surface area (Å²) in [5, 5.41) is 11.1. The second kappa shape index (κ2) is 6.15. The largest absolute Gasteiger partial charge is 0.310 e. The molecule has 6 heteroatoms. The highest BCUT2D eigenvalue weighted by atomic mass is 35.5. The molecule has 0 unspecified atom stereocenters. The fourth-order valence-electron chi connectivity index (χ4n) is 2.35. The standard InChI is InChI=1S/C16H15ClN2O3/c1-10-8-11(2)15(14(17)9-10)18(3)16(20)12-4-6-13(7-5-12)19(21)22/h4-9H,1-3H3. The molecule has 0 spiro atoms. The maximum atomic E-state index is 12.5. The smallest absolute Gasteiger partial charge is 0.269 e. The second-order valence-electron chi connectivity index (χ2n) is 5.08. The Morgan fingerprint density at radius 3 is 2.27 bits per heavy atom. The van der Waals surface area contributed by atoms with Gasteiger partial charge in [0, 0.05) is 24.7 Å². The maximum absolute atomic E-state index is 12.5. The van der Waals surface area contributed by atoms with E-state index in [4.69, 9.17) is 11.6 Å². The number of nitro groups is 1. The van der Waals surface area contributed by atoms with Crippen LogP contribution in [0.4, 0.5) is 11.4 Å². The van der Waals surface area contributed by atoms with E-state index < -0.39 is 4.92 Å². The maximum Gasteiger partial charge on any atom is 0.269 e. The highest BCUT2D eigenvalue weighted by Gasteiger charge is 2.19. The molecule has 22 heavy (non-hydrogen) atoms. The average Bonchev–Trinajstić information content (AvgIpc) is 2.45. The third-order valence-electron chi connectivity index (χ3n) is 3.36. The summed E-state index contributed by atoms with van der Waals surface area (Å²) in [5.74, 6) is -0.274. The first-order chi connectivity index (χ1) is 10.3. The van der Waals surface area contributed by atoms with E-state index in [1.807, 2.05) is 19.9 Å². The molecule has 2 aromatic carbocycles. The van der Waals surface area contributed by atoms with E-state index in [0.29, 0.717) is 16.3 Å². The Kier molecular flexibility index (Phi) is 4.47. The summed E-state index contributed by atoms with van der Waals surface area (Å²) in [6.07, 6.45) is 0. The van der Waals surface area contributed by atoms with E-state index >= 15 is 0 Å². The zero-order valence-corrected chi connectivity index (χ0v) is 13.2. The van der Waals surface area contributed by atoms with Gasteiger partial charge in [0.2, 0.25) is 0 Å². The number of carbonyl (C=O) groups excluding carboxylic acids is 1. The van der Waals surface area contributed by atoms with Crippen LogP contribution in [0, 0.1) is 24.0 Å². The Morgan fingerprint density at radius 1 is 1.18 bits per heavy atom. The van der Waals surface area contributed by atoms with Crippen LogP contribution in [0.5, 0.6) is 0 Å². The number of nitro benzene ring substituents is 1. The number of nitrogens with zero attached hydrogens (tertiary/aromatic N) is 2. The van der Waals surface area contributed by atoms with Crippen molar-refractivity contribution in [1.82, 2.24) is 0 Å². The molecule has 0 aliphatic heterocycles. The average molecular weight is 319 g/mol. The summed E-state index contributed by atoms with van der Waals surface area (Å²) >= 11 is 6.24. The van der Waals surface area contributed by atoms with Crippen LogP contribution in [-0.2, 0) is 0 Å². The van der Waals surface area contributed by atoms with Crippen LogP contribution in [0.15, 0.2) is 36.4 Å². The number of anilines is 1. The zero-order valence-electron chi connectivity index (χ0n) is 12.5. The number of amides is 1. The molecule has 0 radical (unpaired) electrons. The lowest BCUT2D eigenvalue weighted by molar-refractivity contribution is -0.384. The van der Waals surface area contributed by atoms with Crippen molar-refractivity contribution in [2.24, 2.45) is 0 Å². The van der Waals surface area contributed by atoms with Crippen molar-refractivity contribution in [3.8, 4) is 0 Å². The molecule has 0 saturated heterocycles. The molecule has 0 bridgehead atoms. The predicted octanol–water partition coefficient (Wildman–Crippen LogP) is 4.14. The third-order valence-corrected chi connectivity index (χ3v) is 3.65. The molecule has 0 aromatic heterocycles. The molecule has 0 saturated carbocycles. The van der Waals surface area contributed by atoms with Gasteiger partial charge in [0.25, 0.3) is 11.6 Å². The van der Waals surface area contributed by atoms with Gasteiger partial charge in [-0.2, -0.15) is 0 Å². The minimum atomic E-state index is -0.501. The van der Waals surface area contributed by atoms with Gasteiger partial charge in [-0.1, -0.05) is 17.7 Å². The summed E-state index contributed by atoms with van der Waals surface area (Å²) in [4.78, 5) is 24.1. The van der Waals surface area contributed by atoms with Crippen LogP contribution in [0.25, 0.3) is 0 Å². The fraction of sp³-hybridized carbons (Fsp3) is 0.188. The lowest BCUT2D eigenvalue weighted by atomic mass is 10.1. The van der Waals surface area contributed by atoms with Crippen molar-refractivity contribution in [3.05, 3.63) is 68.2 Å². The molecule has 0 N–H and O–H groups in total. The molecule has 2 rings (SSSR count). The van der Waals surface area contributed by atoms with Crippen LogP contribution < -0.4 is 4.90 Å². The molecular formula is C16H15ClN2O3. The number of hydrogen-bond acceptors (Lipinski definition) is 3. The van der Waals surface area contributed by atoms with Crippen LogP contribution in [0.3, 0.4) is 0 Å². The summed E-state index contributed by atoms with van der Waals surface area (Å²) in [6.45, 7) is 3.81. The van der Waals surface area contributed by atoms with Gasteiger partial charge in [0.05, 0.1) is 15.6 Å². The molecule has 0 aliphatic rings. The van der Waals surface area contributed by atoms with E-state index in [9.17, 15) is 14.9 Å². The number of aryl methyl sites for hydroxylation is 2. The molecule has 114 valence electrons. The van der Waals surface area contributed by atoms with Crippen LogP contribution >= 0.6 is 11.6 Å². The fourth-order valence-corrected chi connectivity index (χ4v) is 2.80. The minimum absolute atomic E-state index is 0.0521. The third kappa shape index (κ3) is 3.09. The summed E-state index contributed by atoms with van der Waals surface area (Å²) < 4.78 is 0. The first-order valence-electron chi connectivity index (χ1n) is 6.60. The van der Waals surface area contributed by atoms with E-state index in [-0.39, 0.29) is 11.6 Å². The Labute approximate surface area is 133 Å². The first kappa shape index (κ1) is 16.0. The number of benzene rings is 2. The quantitative estimate of drug-likeness (QED) is 0.631. The first-order valence-corrected chi connectivity index (χ1v) is 6.98. The normalized spacial score (nSPS) is 10.4. The lowest BCUT2D eigenvalue weighted by Crippen LogP contribution is -2.27. The van der Waals surface area contributed by atoms with Crippen LogP contribution in [-0.4, -0.2) is 17.9 Å². The minimum Gasteiger partial charge on any atom is -0.310 e. The number of hydrogen-bond donors (Lipinski definition) is 0. The number of halogens is 1. The van der Waals surface area contributed by atoms with Gasteiger partial charge < -0.3 is 4.90 Å². The monoisotopic (exact) mass is 318 g/mol. The van der Waals surface area contributed by atoms with Gasteiger partial charge in [-0.3, -0.25) is 14.9 Å². The van der Waals surface area contributed by atoms with Gasteiger partial charge in [-0.15, -0.1) is 0 Å². The molecule has 0 aliphatic carbocycles. The van der Waals surface area contributed by atoms with E-state index in [1.165, 1.54) is 29.2 Å². The van der Waals surface area contributed by atoms with Crippen molar-refractivity contribution in [1.29, 1.82) is 0 Å². The van der Waals surface area contributed by atoms with Crippen molar-refractivity contribution < 1.29 is 9.72 Å². The molecule has 1 amide bonds. The van der Waals surface area contributed by atoms with Gasteiger partial charge in [-0.05, 0) is 43.2 Å². The molecule has 2 aromatic rings. The predicted molar refractivity (Wildman–Crippen MR) is 86.8 cm³/mol.